The van der Waals surface area contributed by atoms with Gasteiger partial charge >= 0.3 is 0 Å². The lowest BCUT2D eigenvalue weighted by atomic mass is 10.1. The summed E-state index contributed by atoms with van der Waals surface area (Å²) in [6, 6.07) is 14.6. The highest BCUT2D eigenvalue weighted by atomic mass is 16.5. The molecule has 29 heavy (non-hydrogen) atoms. The molecule has 2 heterocycles. The summed E-state index contributed by atoms with van der Waals surface area (Å²) in [7, 11) is 1.62. The van der Waals surface area contributed by atoms with E-state index in [0.717, 1.165) is 16.8 Å². The third-order valence-electron chi connectivity index (χ3n) is 4.78. The van der Waals surface area contributed by atoms with Gasteiger partial charge in [-0.3, -0.25) is 9.59 Å². The average molecular weight is 390 g/mol. The van der Waals surface area contributed by atoms with Crippen LogP contribution in [0.2, 0.25) is 0 Å². The number of fused-ring (bicyclic) bond motifs is 3. The van der Waals surface area contributed by atoms with Crippen LogP contribution in [-0.4, -0.2) is 33.2 Å². The molecule has 2 aromatic heterocycles. The Morgan fingerprint density at radius 1 is 1.07 bits per heavy atom. The highest BCUT2D eigenvalue weighted by molar-refractivity contribution is 5.97. The highest BCUT2D eigenvalue weighted by Crippen LogP contribution is 2.19. The molecule has 0 saturated heterocycles. The number of amides is 1. The molecule has 0 atom stereocenters. The van der Waals surface area contributed by atoms with Gasteiger partial charge in [0, 0.05) is 11.6 Å². The lowest BCUT2D eigenvalue weighted by Crippen LogP contribution is -2.30. The Bertz CT molecular complexity index is 1250. The number of rotatable bonds is 5. The molecule has 4 rings (SSSR count). The molecule has 0 fully saturated rings. The predicted octanol–water partition coefficient (Wildman–Crippen LogP) is 2.84. The first-order valence-electron chi connectivity index (χ1n) is 9.42. The van der Waals surface area contributed by atoms with Crippen molar-refractivity contribution in [3.8, 4) is 5.75 Å². The molecular formula is C22H22N4O3. The van der Waals surface area contributed by atoms with Gasteiger partial charge < -0.3 is 14.6 Å². The number of methoxy groups -OCH3 is 1. The van der Waals surface area contributed by atoms with Gasteiger partial charge in [0.1, 0.15) is 11.3 Å². The third kappa shape index (κ3) is 3.47. The molecule has 0 unspecified atom stereocenters. The van der Waals surface area contributed by atoms with Gasteiger partial charge in [0.15, 0.2) is 0 Å². The number of hydrogen-bond donors (Lipinski definition) is 1. The van der Waals surface area contributed by atoms with Gasteiger partial charge in [0.05, 0.1) is 30.9 Å². The van der Waals surface area contributed by atoms with E-state index in [4.69, 9.17) is 4.74 Å². The van der Waals surface area contributed by atoms with Crippen molar-refractivity contribution < 1.29 is 9.53 Å². The second kappa shape index (κ2) is 7.43. The second-order valence-electron chi connectivity index (χ2n) is 7.20. The molecule has 4 aromatic rings. The summed E-state index contributed by atoms with van der Waals surface area (Å²) >= 11 is 0. The summed E-state index contributed by atoms with van der Waals surface area (Å²) in [5, 5.41) is 7.18. The van der Waals surface area contributed by atoms with E-state index in [2.05, 4.69) is 10.4 Å². The molecule has 0 aliphatic rings. The predicted molar refractivity (Wildman–Crippen MR) is 112 cm³/mol. The van der Waals surface area contributed by atoms with Crippen molar-refractivity contribution in [1.82, 2.24) is 19.5 Å². The van der Waals surface area contributed by atoms with E-state index in [1.807, 2.05) is 44.2 Å². The van der Waals surface area contributed by atoms with E-state index in [1.54, 1.807) is 40.6 Å². The Morgan fingerprint density at radius 3 is 2.52 bits per heavy atom. The number of aromatic nitrogens is 3. The molecule has 0 radical (unpaired) electrons. The number of nitrogens with zero attached hydrogens (tertiary/aromatic N) is 3. The zero-order valence-corrected chi connectivity index (χ0v) is 16.5. The molecular weight excluding hydrogens is 368 g/mol. The topological polar surface area (TPSA) is 77.6 Å². The van der Waals surface area contributed by atoms with Gasteiger partial charge in [0.2, 0.25) is 0 Å². The van der Waals surface area contributed by atoms with E-state index in [-0.39, 0.29) is 17.5 Å². The zero-order chi connectivity index (χ0) is 20.5. The van der Waals surface area contributed by atoms with E-state index >= 15 is 0 Å². The number of hydrogen-bond acceptors (Lipinski definition) is 4. The van der Waals surface area contributed by atoms with Gasteiger partial charge in [-0.05, 0) is 55.8 Å². The van der Waals surface area contributed by atoms with E-state index in [0.29, 0.717) is 23.1 Å². The van der Waals surface area contributed by atoms with E-state index in [9.17, 15) is 9.59 Å². The standard InChI is InChI=1S/C22H22N4O3/c1-14(2)24-21(27)16-6-9-18-20(12-16)25(22(28)19-10-11-23-26(18)19)13-15-4-7-17(29-3)8-5-15/h4-12,14H,13H2,1-3H3,(H,24,27). The zero-order valence-electron chi connectivity index (χ0n) is 16.5. The molecule has 7 heteroatoms. The van der Waals surface area contributed by atoms with Crippen molar-refractivity contribution >= 4 is 22.5 Å². The quantitative estimate of drug-likeness (QED) is 0.568. The fraction of sp³-hybridized carbons (Fsp3) is 0.227. The van der Waals surface area contributed by atoms with E-state index in [1.165, 1.54) is 0 Å². The van der Waals surface area contributed by atoms with Crippen LogP contribution in [-0.2, 0) is 6.54 Å². The maximum atomic E-state index is 13.2. The van der Waals surface area contributed by atoms with Gasteiger partial charge in [-0.2, -0.15) is 5.10 Å². The largest absolute Gasteiger partial charge is 0.497 e. The maximum absolute atomic E-state index is 13.2. The molecule has 0 aliphatic heterocycles. The Hall–Kier alpha value is -3.61. The fourth-order valence-electron chi connectivity index (χ4n) is 3.38. The van der Waals surface area contributed by atoms with Crippen LogP contribution >= 0.6 is 0 Å². The number of carbonyl (C=O) groups excluding carboxylic acids is 1. The molecule has 1 amide bonds. The second-order valence-corrected chi connectivity index (χ2v) is 7.20. The smallest absolute Gasteiger partial charge is 0.277 e. The maximum Gasteiger partial charge on any atom is 0.277 e. The minimum absolute atomic E-state index is 0.0216. The number of carbonyl (C=O) groups is 1. The van der Waals surface area contributed by atoms with Crippen molar-refractivity contribution in [3.05, 3.63) is 76.2 Å². The van der Waals surface area contributed by atoms with Crippen LogP contribution < -0.4 is 15.6 Å². The number of benzene rings is 2. The normalized spacial score (nSPS) is 11.3. The van der Waals surface area contributed by atoms with Crippen LogP contribution in [0.1, 0.15) is 29.8 Å². The van der Waals surface area contributed by atoms with Crippen LogP contribution in [0.15, 0.2) is 59.5 Å². The minimum Gasteiger partial charge on any atom is -0.497 e. The number of nitrogens with one attached hydrogen (secondary N) is 1. The van der Waals surface area contributed by atoms with Crippen molar-refractivity contribution in [2.75, 3.05) is 7.11 Å². The fourth-order valence-corrected chi connectivity index (χ4v) is 3.38. The molecule has 7 nitrogen and oxygen atoms in total. The van der Waals surface area contributed by atoms with Crippen molar-refractivity contribution in [2.45, 2.75) is 26.4 Å². The summed E-state index contributed by atoms with van der Waals surface area (Å²) in [6.07, 6.45) is 1.60. The Labute approximate surface area is 167 Å². The Morgan fingerprint density at radius 2 is 1.83 bits per heavy atom. The third-order valence-corrected chi connectivity index (χ3v) is 4.78. The van der Waals surface area contributed by atoms with Crippen molar-refractivity contribution in [2.24, 2.45) is 0 Å². The van der Waals surface area contributed by atoms with Crippen molar-refractivity contribution in [3.63, 3.8) is 0 Å². The summed E-state index contributed by atoms with van der Waals surface area (Å²) in [5.74, 6) is 0.579. The minimum atomic E-state index is -0.175. The molecule has 2 aromatic carbocycles. The van der Waals surface area contributed by atoms with Crippen molar-refractivity contribution in [1.29, 1.82) is 0 Å². The van der Waals surface area contributed by atoms with Gasteiger partial charge in [0.25, 0.3) is 11.5 Å². The first-order valence-corrected chi connectivity index (χ1v) is 9.42. The molecule has 1 N–H and O–H groups in total. The molecule has 0 saturated carbocycles. The Kier molecular flexibility index (Phi) is 4.80. The van der Waals surface area contributed by atoms with Gasteiger partial charge in [-0.15, -0.1) is 0 Å². The van der Waals surface area contributed by atoms with Crippen LogP contribution in [0.4, 0.5) is 0 Å². The van der Waals surface area contributed by atoms with Gasteiger partial charge in [-0.1, -0.05) is 12.1 Å². The number of ether oxygens (including phenoxy) is 1. The lowest BCUT2D eigenvalue weighted by molar-refractivity contribution is 0.0943. The summed E-state index contributed by atoms with van der Waals surface area (Å²) in [5.41, 5.74) is 3.20. The highest BCUT2D eigenvalue weighted by Gasteiger charge is 2.15. The van der Waals surface area contributed by atoms with Crippen LogP contribution in [0, 0.1) is 0 Å². The lowest BCUT2D eigenvalue weighted by Gasteiger charge is -2.14. The molecule has 148 valence electrons. The summed E-state index contributed by atoms with van der Waals surface area (Å²) < 4.78 is 8.51. The first-order chi connectivity index (χ1) is 14.0. The van der Waals surface area contributed by atoms with Crippen LogP contribution in [0.3, 0.4) is 0 Å². The Balaban J connectivity index is 1.89. The summed E-state index contributed by atoms with van der Waals surface area (Å²) in [6.45, 7) is 4.19. The van der Waals surface area contributed by atoms with Crippen LogP contribution in [0.5, 0.6) is 5.75 Å². The van der Waals surface area contributed by atoms with Crippen LogP contribution in [0.25, 0.3) is 16.6 Å². The molecule has 0 spiro atoms. The SMILES string of the molecule is COc1ccc(Cn2c(=O)c3ccnn3c3ccc(C(=O)NC(C)C)cc32)cc1. The molecule has 0 aliphatic carbocycles. The van der Waals surface area contributed by atoms with E-state index < -0.39 is 0 Å². The first kappa shape index (κ1) is 18.7. The summed E-state index contributed by atoms with van der Waals surface area (Å²) in [4.78, 5) is 25.7. The monoisotopic (exact) mass is 390 g/mol. The van der Waals surface area contributed by atoms with Gasteiger partial charge in [-0.25, -0.2) is 4.52 Å². The average Bonchev–Trinajstić information content (AvgIpc) is 3.21. The molecule has 0 bridgehead atoms.